The van der Waals surface area contributed by atoms with Crippen LogP contribution in [0.1, 0.15) is 22.3 Å². The van der Waals surface area contributed by atoms with E-state index in [4.69, 9.17) is 9.47 Å². The molecule has 0 aliphatic heterocycles. The molecule has 0 saturated heterocycles. The number of benzene rings is 9. The topological polar surface area (TPSA) is 52.6 Å². The van der Waals surface area contributed by atoms with Crippen molar-refractivity contribution in [2.75, 3.05) is 14.2 Å². The Morgan fingerprint density at radius 3 is 0.757 bits per heavy atom. The smallest absolute Gasteiger partial charge is 0.187 e. The highest BCUT2D eigenvalue weighted by Gasteiger charge is 2.38. The molecule has 6 heteroatoms. The van der Waals surface area contributed by atoms with Crippen molar-refractivity contribution in [1.29, 1.82) is 0 Å². The number of rotatable bonds is 16. The first-order chi connectivity index (χ1) is 34.5. The van der Waals surface area contributed by atoms with Crippen LogP contribution in [-0.2, 0) is 9.59 Å². The number of carbonyl (C=O) groups is 2. The number of allylic oxidation sites excluding steroid dienone is 2. The molecule has 0 unspecified atom stereocenters. The summed E-state index contributed by atoms with van der Waals surface area (Å²) in [5.41, 5.74) is 2.90. The molecule has 0 aliphatic carbocycles. The lowest BCUT2D eigenvalue weighted by molar-refractivity contribution is -0.109. The van der Waals surface area contributed by atoms with Crippen molar-refractivity contribution < 1.29 is 19.1 Å². The minimum atomic E-state index is -3.11. The van der Waals surface area contributed by atoms with Crippen LogP contribution in [0.4, 0.5) is 0 Å². The van der Waals surface area contributed by atoms with E-state index in [0.29, 0.717) is 33.2 Å². The van der Waals surface area contributed by atoms with Crippen molar-refractivity contribution in [3.63, 3.8) is 0 Å². The third-order valence-corrected chi connectivity index (χ3v) is 21.2. The Balaban J connectivity index is 1.49. The predicted octanol–water partition coefficient (Wildman–Crippen LogP) is 11.3. The molecule has 0 bridgehead atoms. The van der Waals surface area contributed by atoms with Crippen molar-refractivity contribution in [2.45, 2.75) is 0 Å². The van der Waals surface area contributed by atoms with Gasteiger partial charge >= 0.3 is 0 Å². The normalized spacial score (nSPS) is 11.6. The summed E-state index contributed by atoms with van der Waals surface area (Å²) in [6.45, 7) is -6.22. The number of hydrogen-bond donors (Lipinski definition) is 0. The average molecular weight is 947 g/mol. The Kier molecular flexibility index (Phi) is 14.8. The summed E-state index contributed by atoms with van der Waals surface area (Å²) in [6.07, 6.45) is 7.11. The molecule has 0 aliphatic rings. The second-order valence-corrected chi connectivity index (χ2v) is 23.2. The molecule has 70 heavy (non-hydrogen) atoms. The monoisotopic (exact) mass is 946 g/mol. The van der Waals surface area contributed by atoms with Crippen molar-refractivity contribution in [3.05, 3.63) is 289 Å². The number of hydrogen-bond acceptors (Lipinski definition) is 4. The molecule has 0 radical (unpaired) electrons. The van der Waals surface area contributed by atoms with Crippen LogP contribution in [-0.4, -0.2) is 36.4 Å². The van der Waals surface area contributed by atoms with E-state index in [0.717, 1.165) is 43.0 Å². The molecule has 9 aromatic rings. The fraction of sp³-hybridized carbons (Fsp3) is 0.0312. The first-order valence-electron chi connectivity index (χ1n) is 23.2. The highest BCUT2D eigenvalue weighted by atomic mass is 31.2. The van der Waals surface area contributed by atoms with Crippen molar-refractivity contribution in [1.82, 2.24) is 0 Å². The zero-order chi connectivity index (χ0) is 48.2. The van der Waals surface area contributed by atoms with Gasteiger partial charge in [0.25, 0.3) is 0 Å². The minimum Gasteiger partial charge on any atom is -0.496 e. The van der Waals surface area contributed by atoms with Crippen molar-refractivity contribution in [3.8, 4) is 11.5 Å². The standard InChI is InChI=1S/C64H52O4P2/c1-67-61-47-58(64(60(66)46-44-50-29-13-4-14-30-50)70(54-37-21-8-22-38-54,55-39-23-9-24-40-55)56-41-25-10-26-42-56)62(68-2)48-57(61)63(59(65)45-43-49-27-11-3-12-28-49)69(51-31-15-5-16-32-51,52-33-17-6-18-34-52)53-35-19-7-20-36-53/h3-48H,1-2H3/b45-43+,46-44+. The summed E-state index contributed by atoms with van der Waals surface area (Å²) < 4.78 is 13.2. The van der Waals surface area contributed by atoms with E-state index >= 15 is 9.59 Å². The van der Waals surface area contributed by atoms with Gasteiger partial charge < -0.3 is 9.47 Å². The van der Waals surface area contributed by atoms with E-state index in [2.05, 4.69) is 72.8 Å². The highest BCUT2D eigenvalue weighted by Crippen LogP contribution is 2.52. The molecule has 342 valence electrons. The molecular formula is C64H52O4P2. The van der Waals surface area contributed by atoms with E-state index < -0.39 is 13.8 Å². The maximum atomic E-state index is 16.0. The third kappa shape index (κ3) is 9.28. The second-order valence-electron chi connectivity index (χ2n) is 16.5. The maximum Gasteiger partial charge on any atom is 0.187 e. The van der Waals surface area contributed by atoms with E-state index in [1.807, 2.05) is 194 Å². The Morgan fingerprint density at radius 1 is 0.329 bits per heavy atom. The van der Waals surface area contributed by atoms with Gasteiger partial charge in [0.05, 0.1) is 14.2 Å². The third-order valence-electron chi connectivity index (χ3n) is 12.5. The SMILES string of the molecule is COc1cc(C(C(=O)/C=C/c2ccccc2)=P(c2ccccc2)(c2ccccc2)c2ccccc2)c(OC)cc1C(C(=O)/C=C/c1ccccc1)=P(c1ccccc1)(c1ccccc1)c1ccccc1. The van der Waals surface area contributed by atoms with Gasteiger partial charge in [-0.3, -0.25) is 9.59 Å². The van der Waals surface area contributed by atoms with Crippen molar-refractivity contribution in [2.24, 2.45) is 0 Å². The maximum absolute atomic E-state index is 16.0. The Labute approximate surface area is 411 Å². The molecule has 0 aromatic heterocycles. The van der Waals surface area contributed by atoms with Gasteiger partial charge in [0, 0.05) is 21.7 Å². The van der Waals surface area contributed by atoms with Gasteiger partial charge in [-0.15, -0.1) is 0 Å². The Bertz CT molecular complexity index is 2950. The molecule has 9 rings (SSSR count). The van der Waals surface area contributed by atoms with Gasteiger partial charge in [-0.2, -0.15) is 0 Å². The zero-order valence-electron chi connectivity index (χ0n) is 39.1. The van der Waals surface area contributed by atoms with Crippen LogP contribution in [0, 0.1) is 0 Å². The zero-order valence-corrected chi connectivity index (χ0v) is 40.9. The largest absolute Gasteiger partial charge is 0.496 e. The second kappa shape index (κ2) is 22.0. The van der Waals surface area contributed by atoms with Gasteiger partial charge in [0.2, 0.25) is 0 Å². The Hall–Kier alpha value is -8.00. The summed E-state index contributed by atoms with van der Waals surface area (Å²) in [5.74, 6) is 0.466. The first-order valence-corrected chi connectivity index (χ1v) is 26.8. The van der Waals surface area contributed by atoms with Gasteiger partial charge in [0.15, 0.2) is 11.6 Å². The molecule has 9 aromatic carbocycles. The van der Waals surface area contributed by atoms with Crippen LogP contribution in [0.5, 0.6) is 11.5 Å². The van der Waals surface area contributed by atoms with Crippen LogP contribution in [0.2, 0.25) is 0 Å². The lowest BCUT2D eigenvalue weighted by Crippen LogP contribution is -2.35. The molecule has 0 fully saturated rings. The number of ketones is 2. The molecule has 0 N–H and O–H groups in total. The summed E-state index contributed by atoms with van der Waals surface area (Å²) in [6, 6.07) is 85.6. The molecule has 0 saturated carbocycles. The van der Waals surface area contributed by atoms with Crippen LogP contribution < -0.4 is 41.3 Å². The van der Waals surface area contributed by atoms with Crippen LogP contribution in [0.25, 0.3) is 12.2 Å². The van der Waals surface area contributed by atoms with E-state index in [-0.39, 0.29) is 11.6 Å². The fourth-order valence-electron chi connectivity index (χ4n) is 9.43. The quantitative estimate of drug-likeness (QED) is 0.0715. The predicted molar refractivity (Wildman–Crippen MR) is 299 cm³/mol. The Morgan fingerprint density at radius 2 is 0.543 bits per heavy atom. The van der Waals surface area contributed by atoms with Gasteiger partial charge in [0.1, 0.15) is 11.5 Å². The molecule has 0 heterocycles. The van der Waals surface area contributed by atoms with Crippen molar-refractivity contribution >= 4 is 79.9 Å². The summed E-state index contributed by atoms with van der Waals surface area (Å²) in [7, 11) is 3.27. The van der Waals surface area contributed by atoms with Crippen LogP contribution in [0.3, 0.4) is 0 Å². The number of carbonyl (C=O) groups excluding carboxylic acids is 2. The van der Waals surface area contributed by atoms with E-state index in [9.17, 15) is 0 Å². The summed E-state index contributed by atoms with van der Waals surface area (Å²) >= 11 is 0. The lowest BCUT2D eigenvalue weighted by Gasteiger charge is -2.34. The minimum absolute atomic E-state index is 0.187. The molecule has 4 nitrogen and oxygen atoms in total. The van der Waals surface area contributed by atoms with Gasteiger partial charge in [-0.05, 0) is 81.0 Å². The van der Waals surface area contributed by atoms with E-state index in [1.165, 1.54) is 0 Å². The molecule has 0 spiro atoms. The first kappa shape index (κ1) is 47.1. The molecule has 0 amide bonds. The fourth-order valence-corrected chi connectivity index (χ4v) is 18.4. The van der Waals surface area contributed by atoms with E-state index in [1.54, 1.807) is 26.4 Å². The van der Waals surface area contributed by atoms with Gasteiger partial charge in [-0.25, -0.2) is 0 Å². The lowest BCUT2D eigenvalue weighted by atomic mass is 9.99. The van der Waals surface area contributed by atoms with Gasteiger partial charge in [-0.1, -0.05) is 255 Å². The van der Waals surface area contributed by atoms with Crippen LogP contribution in [0.15, 0.2) is 267 Å². The summed E-state index contributed by atoms with van der Waals surface area (Å²) in [5, 5.41) is 7.05. The molecule has 0 atom stereocenters. The van der Waals surface area contributed by atoms with Crippen LogP contribution >= 0.6 is 13.8 Å². The number of ether oxygens (including phenoxy) is 2. The average Bonchev–Trinajstić information content (AvgIpc) is 3.44. The number of methoxy groups -OCH3 is 2. The summed E-state index contributed by atoms with van der Waals surface area (Å²) in [4.78, 5) is 31.9. The highest BCUT2D eigenvalue weighted by molar-refractivity contribution is 7.97. The molecular weight excluding hydrogens is 895 g/mol.